The Kier molecular flexibility index (Phi) is 5.88. The number of hydrogen-bond donors (Lipinski definition) is 1. The molecule has 2 aromatic carbocycles. The minimum Gasteiger partial charge on any atom is -0.496 e. The Hall–Kier alpha value is -3.12. The predicted molar refractivity (Wildman–Crippen MR) is 102 cm³/mol. The molecule has 0 saturated carbocycles. The van der Waals surface area contributed by atoms with E-state index in [2.05, 4.69) is 10.3 Å². The van der Waals surface area contributed by atoms with Gasteiger partial charge >= 0.3 is 0 Å². The summed E-state index contributed by atoms with van der Waals surface area (Å²) in [6, 6.07) is 16.5. The Morgan fingerprint density at radius 3 is 2.41 bits per heavy atom. The van der Waals surface area contributed by atoms with E-state index in [0.29, 0.717) is 11.6 Å². The van der Waals surface area contributed by atoms with Crippen LogP contribution in [-0.2, 0) is 16.6 Å². The second-order valence-corrected chi connectivity index (χ2v) is 6.11. The van der Waals surface area contributed by atoms with Crippen molar-refractivity contribution < 1.29 is 14.3 Å². The number of ether oxygens (including phenoxy) is 2. The largest absolute Gasteiger partial charge is 0.496 e. The number of nitrogens with zero attached hydrogens (tertiary/aromatic N) is 2. The third-order valence-electron chi connectivity index (χ3n) is 4.43. The SMILES string of the molecule is COc1ccccc1[C@H](NC(=O)[C@H](OC)c1ccccc1)c1nccn1C. The number of methoxy groups -OCH3 is 2. The molecule has 140 valence electrons. The fourth-order valence-electron chi connectivity index (χ4n) is 3.08. The van der Waals surface area contributed by atoms with Crippen LogP contribution < -0.4 is 10.1 Å². The van der Waals surface area contributed by atoms with Gasteiger partial charge in [0, 0.05) is 32.1 Å². The van der Waals surface area contributed by atoms with Crippen molar-refractivity contribution in [3.63, 3.8) is 0 Å². The zero-order valence-corrected chi connectivity index (χ0v) is 15.6. The standard InChI is InChI=1S/C21H23N3O3/c1-24-14-13-22-20(24)18(16-11-7-8-12-17(16)26-2)23-21(25)19(27-3)15-9-5-4-6-10-15/h4-14,18-19H,1-3H3,(H,23,25)/t18-,19+/m0/s1. The van der Waals surface area contributed by atoms with Gasteiger partial charge < -0.3 is 19.4 Å². The zero-order chi connectivity index (χ0) is 19.2. The van der Waals surface area contributed by atoms with Crippen molar-refractivity contribution in [1.82, 2.24) is 14.9 Å². The summed E-state index contributed by atoms with van der Waals surface area (Å²) in [6.45, 7) is 0. The molecule has 0 aliphatic carbocycles. The smallest absolute Gasteiger partial charge is 0.254 e. The third kappa shape index (κ3) is 4.01. The van der Waals surface area contributed by atoms with Gasteiger partial charge in [-0.05, 0) is 11.6 Å². The minimum atomic E-state index is -0.719. The van der Waals surface area contributed by atoms with Crippen molar-refractivity contribution in [2.75, 3.05) is 14.2 Å². The van der Waals surface area contributed by atoms with Crippen molar-refractivity contribution in [3.8, 4) is 5.75 Å². The molecule has 0 unspecified atom stereocenters. The van der Waals surface area contributed by atoms with Crippen LogP contribution in [0.4, 0.5) is 0 Å². The van der Waals surface area contributed by atoms with Crippen LogP contribution in [0.2, 0.25) is 0 Å². The minimum absolute atomic E-state index is 0.248. The van der Waals surface area contributed by atoms with E-state index < -0.39 is 12.1 Å². The van der Waals surface area contributed by atoms with Gasteiger partial charge in [-0.25, -0.2) is 4.98 Å². The fraction of sp³-hybridized carbons (Fsp3) is 0.238. The first-order valence-electron chi connectivity index (χ1n) is 8.64. The molecule has 1 heterocycles. The Labute approximate surface area is 158 Å². The number of para-hydroxylation sites is 1. The number of nitrogens with one attached hydrogen (secondary N) is 1. The number of amides is 1. The van der Waals surface area contributed by atoms with Crippen molar-refractivity contribution in [2.45, 2.75) is 12.1 Å². The van der Waals surface area contributed by atoms with Gasteiger partial charge in [-0.1, -0.05) is 48.5 Å². The second-order valence-electron chi connectivity index (χ2n) is 6.11. The molecule has 0 bridgehead atoms. The van der Waals surface area contributed by atoms with Gasteiger partial charge in [-0.3, -0.25) is 4.79 Å². The molecule has 2 atom stereocenters. The second kappa shape index (κ2) is 8.51. The molecule has 0 spiro atoms. The molecule has 1 aromatic heterocycles. The van der Waals surface area contributed by atoms with Gasteiger partial charge in [0.1, 0.15) is 17.6 Å². The number of aromatic nitrogens is 2. The number of imidazole rings is 1. The van der Waals surface area contributed by atoms with Gasteiger partial charge in [0.2, 0.25) is 0 Å². The summed E-state index contributed by atoms with van der Waals surface area (Å²) in [7, 11) is 5.02. The molecular weight excluding hydrogens is 342 g/mol. The summed E-state index contributed by atoms with van der Waals surface area (Å²) in [5.41, 5.74) is 1.61. The van der Waals surface area contributed by atoms with Gasteiger partial charge in [-0.15, -0.1) is 0 Å². The quantitative estimate of drug-likeness (QED) is 0.699. The first kappa shape index (κ1) is 18.7. The third-order valence-corrected chi connectivity index (χ3v) is 4.43. The summed E-state index contributed by atoms with van der Waals surface area (Å²) in [6.07, 6.45) is 2.83. The van der Waals surface area contributed by atoms with Gasteiger partial charge in [0.15, 0.2) is 6.10 Å². The van der Waals surface area contributed by atoms with Crippen LogP contribution in [-0.4, -0.2) is 29.7 Å². The molecule has 3 rings (SSSR count). The molecule has 0 aliphatic heterocycles. The van der Waals surface area contributed by atoms with Gasteiger partial charge in [0.25, 0.3) is 5.91 Å². The van der Waals surface area contributed by atoms with E-state index in [1.807, 2.05) is 72.4 Å². The van der Waals surface area contributed by atoms with Crippen molar-refractivity contribution >= 4 is 5.91 Å². The summed E-state index contributed by atoms with van der Waals surface area (Å²) >= 11 is 0. The van der Waals surface area contributed by atoms with Gasteiger partial charge in [0.05, 0.1) is 7.11 Å². The van der Waals surface area contributed by atoms with E-state index in [0.717, 1.165) is 11.1 Å². The lowest BCUT2D eigenvalue weighted by molar-refractivity contribution is -0.132. The fourth-order valence-corrected chi connectivity index (χ4v) is 3.08. The molecule has 1 N–H and O–H groups in total. The monoisotopic (exact) mass is 365 g/mol. The summed E-state index contributed by atoms with van der Waals surface area (Å²) < 4.78 is 12.8. The summed E-state index contributed by atoms with van der Waals surface area (Å²) in [5.74, 6) is 1.14. The Balaban J connectivity index is 1.97. The van der Waals surface area contributed by atoms with Crippen molar-refractivity contribution in [2.24, 2.45) is 7.05 Å². The van der Waals surface area contributed by atoms with Crippen molar-refractivity contribution in [1.29, 1.82) is 0 Å². The lowest BCUT2D eigenvalue weighted by Gasteiger charge is -2.24. The van der Waals surface area contributed by atoms with E-state index in [9.17, 15) is 4.79 Å². The molecule has 6 nitrogen and oxygen atoms in total. The van der Waals surface area contributed by atoms with Crippen LogP contribution in [0, 0.1) is 0 Å². The normalized spacial score (nSPS) is 13.0. The molecule has 3 aromatic rings. The van der Waals surface area contributed by atoms with E-state index in [1.165, 1.54) is 7.11 Å². The Morgan fingerprint density at radius 1 is 1.07 bits per heavy atom. The highest BCUT2D eigenvalue weighted by Gasteiger charge is 2.28. The first-order chi connectivity index (χ1) is 13.2. The first-order valence-corrected chi connectivity index (χ1v) is 8.64. The molecular formula is C21H23N3O3. The molecule has 0 aliphatic rings. The highest BCUT2D eigenvalue weighted by Crippen LogP contribution is 2.30. The maximum Gasteiger partial charge on any atom is 0.254 e. The number of hydrogen-bond acceptors (Lipinski definition) is 4. The lowest BCUT2D eigenvalue weighted by atomic mass is 10.0. The maximum absolute atomic E-state index is 13.1. The zero-order valence-electron chi connectivity index (χ0n) is 15.6. The summed E-state index contributed by atoms with van der Waals surface area (Å²) in [4.78, 5) is 17.5. The van der Waals surface area contributed by atoms with Crippen LogP contribution in [0.3, 0.4) is 0 Å². The van der Waals surface area contributed by atoms with Crippen molar-refractivity contribution in [3.05, 3.63) is 83.9 Å². The highest BCUT2D eigenvalue weighted by molar-refractivity contribution is 5.83. The highest BCUT2D eigenvalue weighted by atomic mass is 16.5. The molecule has 0 saturated heterocycles. The van der Waals surface area contributed by atoms with Crippen LogP contribution in [0.1, 0.15) is 29.1 Å². The maximum atomic E-state index is 13.1. The topological polar surface area (TPSA) is 65.4 Å². The number of benzene rings is 2. The van der Waals surface area contributed by atoms with E-state index in [-0.39, 0.29) is 5.91 Å². The molecule has 0 radical (unpaired) electrons. The molecule has 0 fully saturated rings. The summed E-state index contributed by atoms with van der Waals surface area (Å²) in [5, 5.41) is 3.07. The average Bonchev–Trinajstić information content (AvgIpc) is 3.13. The van der Waals surface area contributed by atoms with Crippen LogP contribution in [0.5, 0.6) is 5.75 Å². The molecule has 6 heteroatoms. The number of carbonyl (C=O) groups is 1. The molecule has 1 amide bonds. The Bertz CT molecular complexity index is 892. The number of carbonyl (C=O) groups excluding carboxylic acids is 1. The Morgan fingerprint density at radius 2 is 1.78 bits per heavy atom. The van der Waals surface area contributed by atoms with E-state index >= 15 is 0 Å². The van der Waals surface area contributed by atoms with Gasteiger partial charge in [-0.2, -0.15) is 0 Å². The average molecular weight is 365 g/mol. The van der Waals surface area contributed by atoms with Crippen LogP contribution in [0.25, 0.3) is 0 Å². The van der Waals surface area contributed by atoms with E-state index in [1.54, 1.807) is 13.3 Å². The van der Waals surface area contributed by atoms with E-state index in [4.69, 9.17) is 9.47 Å². The predicted octanol–water partition coefficient (Wildman–Crippen LogP) is 3.02. The van der Waals surface area contributed by atoms with Crippen LogP contribution in [0.15, 0.2) is 67.0 Å². The molecule has 27 heavy (non-hydrogen) atoms. The number of rotatable bonds is 7. The number of aryl methyl sites for hydroxylation is 1. The lowest BCUT2D eigenvalue weighted by Crippen LogP contribution is -2.35. The van der Waals surface area contributed by atoms with Crippen LogP contribution >= 0.6 is 0 Å².